The summed E-state index contributed by atoms with van der Waals surface area (Å²) in [6.07, 6.45) is 4.39. The second-order valence-electron chi connectivity index (χ2n) is 4.32. The fraction of sp³-hybridized carbons (Fsp3) is 0.154. The molecule has 0 aromatic carbocycles. The van der Waals surface area contributed by atoms with E-state index in [0.29, 0.717) is 15.3 Å². The first-order valence-electron chi connectivity index (χ1n) is 6.08. The summed E-state index contributed by atoms with van der Waals surface area (Å²) in [5, 5.41) is 13.0. The molecule has 0 amide bonds. The molecule has 3 aromatic heterocycles. The number of pyridine rings is 1. The van der Waals surface area contributed by atoms with Gasteiger partial charge in [0.15, 0.2) is 0 Å². The highest BCUT2D eigenvalue weighted by atomic mass is 32.1. The van der Waals surface area contributed by atoms with Crippen LogP contribution in [0, 0.1) is 0 Å². The van der Waals surface area contributed by atoms with E-state index in [-0.39, 0.29) is 17.7 Å². The van der Waals surface area contributed by atoms with Gasteiger partial charge in [0.1, 0.15) is 17.1 Å². The Hall–Kier alpha value is -2.48. The minimum Gasteiger partial charge on any atom is -0.478 e. The lowest BCUT2D eigenvalue weighted by molar-refractivity contribution is 0.0699. The van der Waals surface area contributed by atoms with Crippen LogP contribution in [0.5, 0.6) is 0 Å². The number of carboxylic acid groups (broad SMARTS) is 1. The third-order valence-electron chi connectivity index (χ3n) is 3.04. The summed E-state index contributed by atoms with van der Waals surface area (Å²) < 4.78 is 15.1. The highest BCUT2D eigenvalue weighted by molar-refractivity contribution is 7.21. The van der Waals surface area contributed by atoms with Crippen molar-refractivity contribution in [3.63, 3.8) is 0 Å². The van der Waals surface area contributed by atoms with Crippen molar-refractivity contribution in [3.05, 3.63) is 46.6 Å². The number of nitrogens with zero attached hydrogens (tertiary/aromatic N) is 3. The molecule has 1 N–H and O–H groups in total. The Morgan fingerprint density at radius 3 is 3.00 bits per heavy atom. The molecular weight excluding hydrogens is 297 g/mol. The van der Waals surface area contributed by atoms with Crippen LogP contribution in [0.25, 0.3) is 15.3 Å². The predicted octanol–water partition coefficient (Wildman–Crippen LogP) is 1.89. The summed E-state index contributed by atoms with van der Waals surface area (Å²) in [7, 11) is 0. The first-order chi connectivity index (χ1) is 10.1. The maximum absolute atomic E-state index is 12.4. The van der Waals surface area contributed by atoms with Crippen molar-refractivity contribution in [2.24, 2.45) is 0 Å². The van der Waals surface area contributed by atoms with Gasteiger partial charge < -0.3 is 9.67 Å². The maximum Gasteiger partial charge on any atom is 0.340 e. The number of hydrogen-bond donors (Lipinski definition) is 1. The van der Waals surface area contributed by atoms with Crippen molar-refractivity contribution in [2.45, 2.75) is 6.54 Å². The Kier molecular flexibility index (Phi) is 3.30. The van der Waals surface area contributed by atoms with Crippen LogP contribution in [0.15, 0.2) is 35.5 Å². The van der Waals surface area contributed by atoms with Crippen LogP contribution in [0.1, 0.15) is 10.4 Å². The van der Waals surface area contributed by atoms with E-state index in [9.17, 15) is 14.0 Å². The number of rotatable bonds is 4. The Bertz CT molecular complexity index is 880. The maximum atomic E-state index is 12.4. The highest BCUT2D eigenvalue weighted by Crippen LogP contribution is 2.28. The molecule has 0 aliphatic carbocycles. The van der Waals surface area contributed by atoms with Crippen molar-refractivity contribution < 1.29 is 14.3 Å². The third kappa shape index (κ3) is 2.23. The molecule has 6 nitrogen and oxygen atoms in total. The molecule has 0 aliphatic heterocycles. The third-order valence-corrected chi connectivity index (χ3v) is 4.18. The smallest absolute Gasteiger partial charge is 0.340 e. The van der Waals surface area contributed by atoms with Gasteiger partial charge in [-0.15, -0.1) is 11.3 Å². The number of fused-ring (bicyclic) bond motifs is 1. The van der Waals surface area contributed by atoms with Gasteiger partial charge in [-0.25, -0.2) is 13.7 Å². The van der Waals surface area contributed by atoms with Crippen molar-refractivity contribution >= 4 is 22.1 Å². The quantitative estimate of drug-likeness (QED) is 0.798. The lowest BCUT2D eigenvalue weighted by atomic mass is 10.2. The van der Waals surface area contributed by atoms with Gasteiger partial charge in [-0.2, -0.15) is 5.10 Å². The summed E-state index contributed by atoms with van der Waals surface area (Å²) in [4.78, 5) is 24.4. The van der Waals surface area contributed by atoms with Gasteiger partial charge in [0.25, 0.3) is 5.56 Å². The molecule has 0 fully saturated rings. The monoisotopic (exact) mass is 307 g/mol. The van der Waals surface area contributed by atoms with Crippen LogP contribution < -0.4 is 5.56 Å². The summed E-state index contributed by atoms with van der Waals surface area (Å²) in [6, 6.07) is 3.29. The zero-order chi connectivity index (χ0) is 15.0. The van der Waals surface area contributed by atoms with E-state index in [1.165, 1.54) is 32.8 Å². The number of aryl methyl sites for hydroxylation is 1. The average molecular weight is 307 g/mol. The van der Waals surface area contributed by atoms with Crippen LogP contribution in [0.3, 0.4) is 0 Å². The molecule has 0 bridgehead atoms. The van der Waals surface area contributed by atoms with E-state index < -0.39 is 12.6 Å². The molecule has 0 saturated carbocycles. The zero-order valence-electron chi connectivity index (χ0n) is 10.7. The number of hydrogen-bond acceptors (Lipinski definition) is 4. The number of carbonyl (C=O) groups is 1. The van der Waals surface area contributed by atoms with E-state index in [1.54, 1.807) is 18.3 Å². The van der Waals surface area contributed by atoms with Crippen molar-refractivity contribution in [1.82, 2.24) is 14.2 Å². The zero-order valence-corrected chi connectivity index (χ0v) is 11.5. The molecular formula is C13H10FN3O3S. The SMILES string of the molecule is O=C(O)c1cnn2cc(-c3cccn(CCF)c3=O)sc12. The second kappa shape index (κ2) is 5.13. The van der Waals surface area contributed by atoms with Gasteiger partial charge in [-0.1, -0.05) is 0 Å². The van der Waals surface area contributed by atoms with Crippen molar-refractivity contribution in [2.75, 3.05) is 6.67 Å². The van der Waals surface area contributed by atoms with Gasteiger partial charge >= 0.3 is 5.97 Å². The van der Waals surface area contributed by atoms with Gasteiger partial charge in [-0.05, 0) is 12.1 Å². The standard InChI is InChI=1S/C13H10FN3O3S/c14-3-5-16-4-1-2-8(11(16)18)10-7-17-12(21-10)9(6-15-17)13(19)20/h1-2,4,6-7H,3,5H2,(H,19,20). The van der Waals surface area contributed by atoms with E-state index in [1.807, 2.05) is 0 Å². The van der Waals surface area contributed by atoms with Gasteiger partial charge in [0.05, 0.1) is 23.2 Å². The Morgan fingerprint density at radius 2 is 2.29 bits per heavy atom. The number of carboxylic acids is 1. The molecule has 3 rings (SSSR count). The van der Waals surface area contributed by atoms with E-state index >= 15 is 0 Å². The minimum absolute atomic E-state index is 0.00441. The molecule has 8 heteroatoms. The Morgan fingerprint density at radius 1 is 1.48 bits per heavy atom. The fourth-order valence-electron chi connectivity index (χ4n) is 2.05. The summed E-state index contributed by atoms with van der Waals surface area (Å²) in [5.74, 6) is -1.07. The number of aromatic nitrogens is 3. The molecule has 0 radical (unpaired) electrons. The second-order valence-corrected chi connectivity index (χ2v) is 5.35. The van der Waals surface area contributed by atoms with E-state index in [0.717, 1.165) is 0 Å². The summed E-state index contributed by atoms with van der Waals surface area (Å²) in [6.45, 7) is -0.629. The number of aromatic carboxylic acids is 1. The van der Waals surface area contributed by atoms with Gasteiger partial charge in [0, 0.05) is 12.4 Å². The Balaban J connectivity index is 2.15. The van der Waals surface area contributed by atoms with Crippen molar-refractivity contribution in [1.29, 1.82) is 0 Å². The fourth-order valence-corrected chi connectivity index (χ4v) is 3.12. The molecule has 21 heavy (non-hydrogen) atoms. The first kappa shape index (κ1) is 13.5. The summed E-state index contributed by atoms with van der Waals surface area (Å²) in [5.41, 5.74) is 0.181. The number of halogens is 1. The lowest BCUT2D eigenvalue weighted by Gasteiger charge is -2.03. The summed E-state index contributed by atoms with van der Waals surface area (Å²) >= 11 is 1.17. The number of alkyl halides is 1. The average Bonchev–Trinajstić information content (AvgIpc) is 3.00. The van der Waals surface area contributed by atoms with E-state index in [4.69, 9.17) is 5.11 Å². The lowest BCUT2D eigenvalue weighted by Crippen LogP contribution is -2.21. The van der Waals surface area contributed by atoms with Crippen molar-refractivity contribution in [3.8, 4) is 10.4 Å². The molecule has 0 aliphatic rings. The van der Waals surface area contributed by atoms with Gasteiger partial charge in [0.2, 0.25) is 0 Å². The molecule has 108 valence electrons. The molecule has 0 spiro atoms. The molecule has 0 atom stereocenters. The van der Waals surface area contributed by atoms with Crippen LogP contribution in [0.2, 0.25) is 0 Å². The van der Waals surface area contributed by atoms with Crippen LogP contribution >= 0.6 is 11.3 Å². The van der Waals surface area contributed by atoms with Crippen LogP contribution in [-0.4, -0.2) is 31.9 Å². The molecule has 0 saturated heterocycles. The van der Waals surface area contributed by atoms with Crippen LogP contribution in [-0.2, 0) is 6.54 Å². The number of thiazole rings is 1. The van der Waals surface area contributed by atoms with Gasteiger partial charge in [-0.3, -0.25) is 4.79 Å². The topological polar surface area (TPSA) is 76.6 Å². The molecule has 0 unspecified atom stereocenters. The minimum atomic E-state index is -1.07. The van der Waals surface area contributed by atoms with E-state index in [2.05, 4.69) is 5.10 Å². The highest BCUT2D eigenvalue weighted by Gasteiger charge is 2.16. The molecule has 3 heterocycles. The van der Waals surface area contributed by atoms with Crippen LogP contribution in [0.4, 0.5) is 4.39 Å². The Labute approximate surface area is 121 Å². The first-order valence-corrected chi connectivity index (χ1v) is 6.89. The largest absolute Gasteiger partial charge is 0.478 e. The molecule has 3 aromatic rings. The predicted molar refractivity (Wildman–Crippen MR) is 75.7 cm³/mol. The normalized spacial score (nSPS) is 11.1.